The third-order valence-electron chi connectivity index (χ3n) is 4.77. The van der Waals surface area contributed by atoms with Crippen LogP contribution >= 0.6 is 24.0 Å². The van der Waals surface area contributed by atoms with Crippen LogP contribution < -0.4 is 10.6 Å². The van der Waals surface area contributed by atoms with Crippen LogP contribution in [0, 0.1) is 0 Å². The lowest BCUT2D eigenvalue weighted by Crippen LogP contribution is -2.59. The zero-order valence-corrected chi connectivity index (χ0v) is 20.2. The third kappa shape index (κ3) is 8.67. The standard InChI is InChI=1S/C20H36N4O3.HI/c1-16-12-24(13-17(2)27-16)20(3,4)15-23-19(21-5)22-9-7-10-25-14-18-8-6-11-26-18;/h6,8,11,16-17H,7,9-10,12-15H2,1-5H3,(H2,21,22,23);1H. The van der Waals surface area contributed by atoms with Crippen molar-refractivity contribution in [2.75, 3.05) is 39.8 Å². The number of furan rings is 1. The number of hydrogen-bond donors (Lipinski definition) is 2. The van der Waals surface area contributed by atoms with Crippen molar-refractivity contribution in [2.24, 2.45) is 4.99 Å². The molecule has 28 heavy (non-hydrogen) atoms. The average Bonchev–Trinajstić information content (AvgIpc) is 3.13. The van der Waals surface area contributed by atoms with E-state index in [1.54, 1.807) is 13.3 Å². The zero-order valence-electron chi connectivity index (χ0n) is 17.9. The Balaban J connectivity index is 0.00000392. The van der Waals surface area contributed by atoms with Gasteiger partial charge in [0.15, 0.2) is 5.96 Å². The van der Waals surface area contributed by atoms with Gasteiger partial charge in [0.25, 0.3) is 0 Å². The number of halogens is 1. The van der Waals surface area contributed by atoms with Gasteiger partial charge in [-0.15, -0.1) is 24.0 Å². The van der Waals surface area contributed by atoms with E-state index in [1.807, 2.05) is 12.1 Å². The van der Waals surface area contributed by atoms with Crippen LogP contribution in [-0.2, 0) is 16.1 Å². The Bertz CT molecular complexity index is 556. The molecule has 0 aliphatic carbocycles. The summed E-state index contributed by atoms with van der Waals surface area (Å²) in [4.78, 5) is 6.81. The molecule has 7 nitrogen and oxygen atoms in total. The monoisotopic (exact) mass is 508 g/mol. The number of morpholine rings is 1. The van der Waals surface area contributed by atoms with Gasteiger partial charge in [0.05, 0.1) is 18.5 Å². The summed E-state index contributed by atoms with van der Waals surface area (Å²) in [6, 6.07) is 3.79. The van der Waals surface area contributed by atoms with E-state index in [1.165, 1.54) is 0 Å². The van der Waals surface area contributed by atoms with E-state index in [0.29, 0.717) is 13.2 Å². The highest BCUT2D eigenvalue weighted by atomic mass is 127. The van der Waals surface area contributed by atoms with Crippen molar-refractivity contribution in [3.8, 4) is 0 Å². The molecule has 1 aliphatic heterocycles. The maximum atomic E-state index is 5.85. The molecule has 0 radical (unpaired) electrons. The smallest absolute Gasteiger partial charge is 0.191 e. The molecule has 2 N–H and O–H groups in total. The largest absolute Gasteiger partial charge is 0.467 e. The molecule has 0 saturated carbocycles. The maximum Gasteiger partial charge on any atom is 0.191 e. The number of rotatable bonds is 9. The Hall–Kier alpha value is -0.840. The predicted octanol–water partition coefficient (Wildman–Crippen LogP) is 2.86. The summed E-state index contributed by atoms with van der Waals surface area (Å²) in [5.41, 5.74) is 0.0239. The van der Waals surface area contributed by atoms with Crippen molar-refractivity contribution in [1.29, 1.82) is 0 Å². The molecule has 1 aromatic heterocycles. The average molecular weight is 508 g/mol. The van der Waals surface area contributed by atoms with E-state index in [0.717, 1.165) is 44.3 Å². The topological polar surface area (TPSA) is 71.3 Å². The molecule has 1 saturated heterocycles. The number of hydrogen-bond acceptors (Lipinski definition) is 5. The molecule has 2 unspecified atom stereocenters. The van der Waals surface area contributed by atoms with Gasteiger partial charge in [-0.1, -0.05) is 0 Å². The van der Waals surface area contributed by atoms with Gasteiger partial charge < -0.3 is 24.5 Å². The van der Waals surface area contributed by atoms with Crippen molar-refractivity contribution in [3.05, 3.63) is 24.2 Å². The van der Waals surface area contributed by atoms with Crippen LogP contribution in [0.1, 0.15) is 39.9 Å². The van der Waals surface area contributed by atoms with Crippen molar-refractivity contribution in [1.82, 2.24) is 15.5 Å². The van der Waals surface area contributed by atoms with Gasteiger partial charge >= 0.3 is 0 Å². The van der Waals surface area contributed by atoms with Gasteiger partial charge in [-0.2, -0.15) is 0 Å². The van der Waals surface area contributed by atoms with Crippen LogP contribution in [0.2, 0.25) is 0 Å². The molecule has 1 aliphatic rings. The van der Waals surface area contributed by atoms with Gasteiger partial charge in [0.1, 0.15) is 12.4 Å². The Labute approximate surface area is 186 Å². The summed E-state index contributed by atoms with van der Waals surface area (Å²) in [6.07, 6.45) is 3.11. The molecule has 0 spiro atoms. The minimum Gasteiger partial charge on any atom is -0.467 e. The minimum atomic E-state index is 0. The molecule has 0 aromatic carbocycles. The Morgan fingerprint density at radius 2 is 2.00 bits per heavy atom. The highest BCUT2D eigenvalue weighted by Gasteiger charge is 2.33. The van der Waals surface area contributed by atoms with Crippen LogP contribution in [0.25, 0.3) is 0 Å². The van der Waals surface area contributed by atoms with Gasteiger partial charge in [-0.05, 0) is 46.2 Å². The van der Waals surface area contributed by atoms with Crippen molar-refractivity contribution in [3.63, 3.8) is 0 Å². The number of aliphatic imine (C=N–C) groups is 1. The summed E-state index contributed by atoms with van der Waals surface area (Å²) in [6.45, 7) is 13.5. The molecule has 2 atom stereocenters. The SMILES string of the molecule is CN=C(NCCCOCc1ccco1)NCC(C)(C)N1CC(C)OC(C)C1.I. The zero-order chi connectivity index (χ0) is 19.7. The highest BCUT2D eigenvalue weighted by molar-refractivity contribution is 14.0. The predicted molar refractivity (Wildman–Crippen MR) is 123 cm³/mol. The van der Waals surface area contributed by atoms with Crippen molar-refractivity contribution in [2.45, 2.75) is 58.5 Å². The lowest BCUT2D eigenvalue weighted by molar-refractivity contribution is -0.0946. The Morgan fingerprint density at radius 3 is 2.61 bits per heavy atom. The van der Waals surface area contributed by atoms with Crippen LogP contribution in [0.15, 0.2) is 27.8 Å². The number of guanidine groups is 1. The van der Waals surface area contributed by atoms with Gasteiger partial charge in [0.2, 0.25) is 0 Å². The molecule has 1 aromatic rings. The van der Waals surface area contributed by atoms with Gasteiger partial charge in [-0.3, -0.25) is 9.89 Å². The van der Waals surface area contributed by atoms with E-state index < -0.39 is 0 Å². The second-order valence-electron chi connectivity index (χ2n) is 7.81. The van der Waals surface area contributed by atoms with Crippen molar-refractivity contribution >= 4 is 29.9 Å². The third-order valence-corrected chi connectivity index (χ3v) is 4.77. The summed E-state index contributed by atoms with van der Waals surface area (Å²) in [5, 5.41) is 6.80. The van der Waals surface area contributed by atoms with Gasteiger partial charge in [0, 0.05) is 45.4 Å². The van der Waals surface area contributed by atoms with E-state index in [4.69, 9.17) is 13.9 Å². The maximum absolute atomic E-state index is 5.85. The molecule has 162 valence electrons. The second-order valence-corrected chi connectivity index (χ2v) is 7.81. The molecule has 0 bridgehead atoms. The molecular weight excluding hydrogens is 471 g/mol. The quantitative estimate of drug-likeness (QED) is 0.232. The fraction of sp³-hybridized carbons (Fsp3) is 0.750. The highest BCUT2D eigenvalue weighted by Crippen LogP contribution is 2.20. The normalized spacial score (nSPS) is 21.2. The fourth-order valence-corrected chi connectivity index (χ4v) is 3.25. The number of nitrogens with zero attached hydrogens (tertiary/aromatic N) is 2. The van der Waals surface area contributed by atoms with Crippen LogP contribution in [0.5, 0.6) is 0 Å². The first-order valence-corrected chi connectivity index (χ1v) is 9.86. The first kappa shape index (κ1) is 25.2. The molecule has 1 fully saturated rings. The minimum absolute atomic E-state index is 0. The van der Waals surface area contributed by atoms with E-state index in [2.05, 4.69) is 48.2 Å². The lowest BCUT2D eigenvalue weighted by atomic mass is 10.00. The Kier molecular flexibility index (Phi) is 11.4. The summed E-state index contributed by atoms with van der Waals surface area (Å²) in [5.74, 6) is 1.68. The Morgan fingerprint density at radius 1 is 1.29 bits per heavy atom. The van der Waals surface area contributed by atoms with E-state index in [-0.39, 0.29) is 41.7 Å². The molecule has 0 amide bonds. The van der Waals surface area contributed by atoms with E-state index in [9.17, 15) is 0 Å². The summed E-state index contributed by atoms with van der Waals surface area (Å²) >= 11 is 0. The first-order chi connectivity index (χ1) is 12.9. The van der Waals surface area contributed by atoms with Crippen molar-refractivity contribution < 1.29 is 13.9 Å². The first-order valence-electron chi connectivity index (χ1n) is 9.86. The summed E-state index contributed by atoms with van der Waals surface area (Å²) in [7, 11) is 1.80. The molecule has 2 rings (SSSR count). The lowest BCUT2D eigenvalue weighted by Gasteiger charge is -2.45. The van der Waals surface area contributed by atoms with Crippen LogP contribution in [-0.4, -0.2) is 68.4 Å². The number of ether oxygens (including phenoxy) is 2. The van der Waals surface area contributed by atoms with Crippen LogP contribution in [0.3, 0.4) is 0 Å². The molecule has 2 heterocycles. The molecule has 8 heteroatoms. The molecular formula is C20H37IN4O3. The van der Waals surface area contributed by atoms with Gasteiger partial charge in [-0.25, -0.2) is 0 Å². The van der Waals surface area contributed by atoms with E-state index >= 15 is 0 Å². The summed E-state index contributed by atoms with van der Waals surface area (Å²) < 4.78 is 16.7. The van der Waals surface area contributed by atoms with Crippen LogP contribution in [0.4, 0.5) is 0 Å². The second kappa shape index (κ2) is 12.7. The number of nitrogens with one attached hydrogen (secondary N) is 2. The fourth-order valence-electron chi connectivity index (χ4n) is 3.25.